The van der Waals surface area contributed by atoms with Crippen molar-refractivity contribution in [1.82, 2.24) is 9.80 Å². The predicted octanol–water partition coefficient (Wildman–Crippen LogP) is 1.65. The van der Waals surface area contributed by atoms with Gasteiger partial charge in [0.05, 0.1) is 0 Å². The van der Waals surface area contributed by atoms with Crippen LogP contribution < -0.4 is 0 Å². The van der Waals surface area contributed by atoms with Gasteiger partial charge < -0.3 is 9.80 Å². The molecule has 0 aromatic rings. The van der Waals surface area contributed by atoms with E-state index >= 15 is 0 Å². The molecule has 0 aromatic carbocycles. The molecule has 0 rings (SSSR count). The Hall–Kier alpha value is -0.730. The van der Waals surface area contributed by atoms with Crippen molar-refractivity contribution in [3.63, 3.8) is 0 Å². The van der Waals surface area contributed by atoms with E-state index in [1.807, 2.05) is 14.1 Å². The van der Waals surface area contributed by atoms with Crippen LogP contribution in [0, 0.1) is 0 Å². The van der Waals surface area contributed by atoms with Gasteiger partial charge in [-0.15, -0.1) is 0 Å². The van der Waals surface area contributed by atoms with E-state index in [1.165, 1.54) is 0 Å². The third kappa shape index (κ3) is 4.15. The summed E-state index contributed by atoms with van der Waals surface area (Å²) in [5, 5.41) is 0. The van der Waals surface area contributed by atoms with Crippen molar-refractivity contribution < 1.29 is 0 Å². The molecule has 0 fully saturated rings. The second-order valence-corrected chi connectivity index (χ2v) is 4.12. The number of hydrogen-bond acceptors (Lipinski definition) is 1. The molecule has 3 nitrogen and oxygen atoms in total. The minimum absolute atomic E-state index is 0.346. The van der Waals surface area contributed by atoms with Crippen LogP contribution in [0.3, 0.4) is 0 Å². The lowest BCUT2D eigenvalue weighted by Crippen LogP contribution is -2.42. The summed E-state index contributed by atoms with van der Waals surface area (Å²) < 4.78 is 0. The Morgan fingerprint density at radius 3 is 1.69 bits per heavy atom. The van der Waals surface area contributed by atoms with Crippen molar-refractivity contribution in [2.45, 2.75) is 39.8 Å². The van der Waals surface area contributed by atoms with Gasteiger partial charge in [-0.05, 0) is 27.7 Å². The number of nitrogens with zero attached hydrogens (tertiary/aromatic N) is 3. The maximum absolute atomic E-state index is 4.57. The Balaban J connectivity index is 4.61. The van der Waals surface area contributed by atoms with Crippen molar-refractivity contribution in [2.24, 2.45) is 4.99 Å². The maximum atomic E-state index is 4.57. The Morgan fingerprint density at radius 1 is 1.00 bits per heavy atom. The maximum Gasteiger partial charge on any atom is 0.196 e. The number of aliphatic imine (C=N–C) groups is 1. The smallest absolute Gasteiger partial charge is 0.196 e. The lowest BCUT2D eigenvalue weighted by atomic mass is 10.3. The molecule has 3 heteroatoms. The lowest BCUT2D eigenvalue weighted by molar-refractivity contribution is 0.361. The average molecular weight is 185 g/mol. The zero-order valence-electron chi connectivity index (χ0n) is 10.00. The molecule has 0 radical (unpaired) electrons. The molecule has 13 heavy (non-hydrogen) atoms. The summed E-state index contributed by atoms with van der Waals surface area (Å²) >= 11 is 0. The second-order valence-electron chi connectivity index (χ2n) is 4.12. The number of rotatable bonds is 2. The van der Waals surface area contributed by atoms with E-state index in [9.17, 15) is 0 Å². The van der Waals surface area contributed by atoms with Gasteiger partial charge in [-0.2, -0.15) is 0 Å². The van der Waals surface area contributed by atoms with Crippen molar-refractivity contribution in [3.05, 3.63) is 0 Å². The van der Waals surface area contributed by atoms with E-state index < -0.39 is 0 Å². The molecule has 0 unspecified atom stereocenters. The van der Waals surface area contributed by atoms with Gasteiger partial charge >= 0.3 is 0 Å². The van der Waals surface area contributed by atoms with E-state index in [4.69, 9.17) is 0 Å². The standard InChI is InChI=1S/C10H23N3/c1-8(2)11-10(12(5)6)13(7)9(3)4/h8-9H,1-7H3. The number of hydrogen-bond donors (Lipinski definition) is 0. The van der Waals surface area contributed by atoms with E-state index in [-0.39, 0.29) is 0 Å². The third-order valence-corrected chi connectivity index (χ3v) is 1.86. The molecular formula is C10H23N3. The van der Waals surface area contributed by atoms with Gasteiger partial charge in [0.2, 0.25) is 0 Å². The van der Waals surface area contributed by atoms with Crippen molar-refractivity contribution in [2.75, 3.05) is 21.1 Å². The minimum atomic E-state index is 0.346. The van der Waals surface area contributed by atoms with E-state index in [0.717, 1.165) is 5.96 Å². The Kier molecular flexibility index (Phi) is 4.81. The van der Waals surface area contributed by atoms with Crippen LogP contribution in [0.25, 0.3) is 0 Å². The zero-order valence-corrected chi connectivity index (χ0v) is 10.00. The first-order valence-corrected chi connectivity index (χ1v) is 4.84. The SMILES string of the molecule is CC(C)N=C(N(C)C)N(C)C(C)C. The van der Waals surface area contributed by atoms with Gasteiger partial charge in [-0.25, -0.2) is 0 Å². The fourth-order valence-corrected chi connectivity index (χ4v) is 0.984. The normalized spacial score (nSPS) is 12.5. The Morgan fingerprint density at radius 2 is 1.46 bits per heavy atom. The first-order chi connectivity index (χ1) is 5.86. The molecule has 0 N–H and O–H groups in total. The third-order valence-electron chi connectivity index (χ3n) is 1.86. The highest BCUT2D eigenvalue weighted by Gasteiger charge is 2.11. The summed E-state index contributed by atoms with van der Waals surface area (Å²) in [5.74, 6) is 1.05. The van der Waals surface area contributed by atoms with Crippen LogP contribution in [0.1, 0.15) is 27.7 Å². The first-order valence-electron chi connectivity index (χ1n) is 4.84. The molecule has 0 spiro atoms. The Bertz CT molecular complexity index is 171. The number of guanidine groups is 1. The molecule has 0 aromatic heterocycles. The topological polar surface area (TPSA) is 18.8 Å². The van der Waals surface area contributed by atoms with Crippen molar-refractivity contribution >= 4 is 5.96 Å². The molecule has 0 saturated heterocycles. The van der Waals surface area contributed by atoms with E-state index in [0.29, 0.717) is 12.1 Å². The monoisotopic (exact) mass is 185 g/mol. The molecule has 0 aliphatic carbocycles. The fraction of sp³-hybridized carbons (Fsp3) is 0.900. The van der Waals surface area contributed by atoms with Gasteiger partial charge in [-0.3, -0.25) is 4.99 Å². The summed E-state index contributed by atoms with van der Waals surface area (Å²) in [5.41, 5.74) is 0. The molecule has 0 saturated carbocycles. The van der Waals surface area contributed by atoms with Gasteiger partial charge in [0.1, 0.15) is 0 Å². The summed E-state index contributed by atoms with van der Waals surface area (Å²) in [7, 11) is 6.13. The van der Waals surface area contributed by atoms with E-state index in [2.05, 4.69) is 49.5 Å². The van der Waals surface area contributed by atoms with Crippen molar-refractivity contribution in [1.29, 1.82) is 0 Å². The molecule has 0 aliphatic rings. The van der Waals surface area contributed by atoms with E-state index in [1.54, 1.807) is 0 Å². The van der Waals surface area contributed by atoms with Gasteiger partial charge in [0.25, 0.3) is 0 Å². The highest BCUT2D eigenvalue weighted by atomic mass is 15.4. The summed E-state index contributed by atoms with van der Waals surface area (Å²) in [6, 6.07) is 0.832. The molecule has 0 heterocycles. The van der Waals surface area contributed by atoms with Crippen LogP contribution in [0.4, 0.5) is 0 Å². The van der Waals surface area contributed by atoms with Crippen molar-refractivity contribution in [3.8, 4) is 0 Å². The van der Waals surface area contributed by atoms with Gasteiger partial charge in [-0.1, -0.05) is 0 Å². The van der Waals surface area contributed by atoms with Crippen LogP contribution in [0.5, 0.6) is 0 Å². The van der Waals surface area contributed by atoms with Crippen LogP contribution in [-0.2, 0) is 0 Å². The second kappa shape index (κ2) is 5.10. The first kappa shape index (κ1) is 12.3. The quantitative estimate of drug-likeness (QED) is 0.481. The van der Waals surface area contributed by atoms with Crippen LogP contribution in [-0.4, -0.2) is 49.0 Å². The zero-order chi connectivity index (χ0) is 10.6. The molecule has 0 amide bonds. The van der Waals surface area contributed by atoms with Crippen LogP contribution >= 0.6 is 0 Å². The fourth-order valence-electron chi connectivity index (χ4n) is 0.984. The van der Waals surface area contributed by atoms with Gasteiger partial charge in [0.15, 0.2) is 5.96 Å². The average Bonchev–Trinajstić information content (AvgIpc) is 1.97. The van der Waals surface area contributed by atoms with Gasteiger partial charge in [0, 0.05) is 33.2 Å². The molecule has 0 aliphatic heterocycles. The highest BCUT2D eigenvalue weighted by Crippen LogP contribution is 2.01. The predicted molar refractivity (Wildman–Crippen MR) is 59.2 cm³/mol. The molecule has 78 valence electrons. The summed E-state index contributed by atoms with van der Waals surface area (Å²) in [6.45, 7) is 8.52. The van der Waals surface area contributed by atoms with Crippen LogP contribution in [0.15, 0.2) is 4.99 Å². The minimum Gasteiger partial charge on any atom is -0.349 e. The Labute approximate surface area is 82.4 Å². The molecule has 0 atom stereocenters. The largest absolute Gasteiger partial charge is 0.349 e. The van der Waals surface area contributed by atoms with Crippen LogP contribution in [0.2, 0.25) is 0 Å². The summed E-state index contributed by atoms with van der Waals surface area (Å²) in [4.78, 5) is 8.80. The molecule has 0 bridgehead atoms. The molecular weight excluding hydrogens is 162 g/mol. The lowest BCUT2D eigenvalue weighted by Gasteiger charge is -2.30. The summed E-state index contributed by atoms with van der Waals surface area (Å²) in [6.07, 6.45) is 0. The highest BCUT2D eigenvalue weighted by molar-refractivity contribution is 5.79.